The second-order valence-corrected chi connectivity index (χ2v) is 7.22. The van der Waals surface area contributed by atoms with Gasteiger partial charge in [-0.15, -0.1) is 0 Å². The second-order valence-electron chi connectivity index (χ2n) is 6.41. The maximum atomic E-state index is 12.7. The van der Waals surface area contributed by atoms with Gasteiger partial charge in [0, 0.05) is 24.6 Å². The predicted octanol–water partition coefficient (Wildman–Crippen LogP) is 4.25. The van der Waals surface area contributed by atoms with Crippen molar-refractivity contribution in [2.24, 2.45) is 0 Å². The quantitative estimate of drug-likeness (QED) is 0.450. The van der Waals surface area contributed by atoms with Crippen LogP contribution >= 0.6 is 23.2 Å². The summed E-state index contributed by atoms with van der Waals surface area (Å²) in [6.45, 7) is 1.28. The summed E-state index contributed by atoms with van der Waals surface area (Å²) < 4.78 is 5.37. The number of aryl methyl sites for hydroxylation is 1. The van der Waals surface area contributed by atoms with Gasteiger partial charge < -0.3 is 10.1 Å². The number of fused-ring (bicyclic) bond motifs is 1. The molecule has 2 aromatic carbocycles. The van der Waals surface area contributed by atoms with Gasteiger partial charge in [-0.2, -0.15) is 0 Å². The van der Waals surface area contributed by atoms with Gasteiger partial charge in [0.15, 0.2) is 0 Å². The summed E-state index contributed by atoms with van der Waals surface area (Å²) in [5.41, 5.74) is 1.58. The third-order valence-electron chi connectivity index (χ3n) is 4.53. The summed E-state index contributed by atoms with van der Waals surface area (Å²) >= 11 is 11.9. The summed E-state index contributed by atoms with van der Waals surface area (Å²) in [4.78, 5) is 34.9. The topological polar surface area (TPSA) is 98.5 Å². The summed E-state index contributed by atoms with van der Waals surface area (Å²) in [6.07, 6.45) is 0.417. The van der Waals surface area contributed by atoms with Crippen LogP contribution in [0.2, 0.25) is 10.0 Å². The Labute approximate surface area is 170 Å². The average molecular weight is 423 g/mol. The second kappa shape index (κ2) is 8.16. The molecule has 0 spiro atoms. The van der Waals surface area contributed by atoms with E-state index in [0.717, 1.165) is 5.56 Å². The molecule has 0 bridgehead atoms. The molecular weight excluding hydrogens is 407 g/mol. The number of benzene rings is 2. The summed E-state index contributed by atoms with van der Waals surface area (Å²) in [7, 11) is 0. The Hall–Kier alpha value is -2.64. The lowest BCUT2D eigenvalue weighted by atomic mass is 9.85. The van der Waals surface area contributed by atoms with E-state index >= 15 is 0 Å². The van der Waals surface area contributed by atoms with Crippen molar-refractivity contribution in [2.45, 2.75) is 31.9 Å². The number of hydrogen-bond donors (Lipinski definition) is 1. The lowest BCUT2D eigenvalue weighted by molar-refractivity contribution is -0.385. The minimum Gasteiger partial charge on any atom is -0.460 e. The van der Waals surface area contributed by atoms with Gasteiger partial charge in [-0.3, -0.25) is 19.7 Å². The molecule has 1 amide bonds. The molecule has 9 heteroatoms. The highest BCUT2D eigenvalue weighted by Gasteiger charge is 2.34. The van der Waals surface area contributed by atoms with Crippen LogP contribution < -0.4 is 5.32 Å². The standard InChI is InChI=1S/C19H16Cl2N2O5/c1-10(24)28-17-7-4-11-2-5-13(23(26)27)9-14(11)18(17)22-19(25)12-3-6-15(20)16(21)8-12/h2-3,5-6,8-9,17-18H,4,7H2,1H3,(H,22,25). The highest BCUT2D eigenvalue weighted by molar-refractivity contribution is 6.42. The molecule has 7 nitrogen and oxygen atoms in total. The Morgan fingerprint density at radius 1 is 1.18 bits per heavy atom. The molecule has 0 radical (unpaired) electrons. The fourth-order valence-corrected chi connectivity index (χ4v) is 3.55. The first-order valence-corrected chi connectivity index (χ1v) is 9.22. The van der Waals surface area contributed by atoms with Crippen molar-refractivity contribution in [1.82, 2.24) is 5.32 Å². The highest BCUT2D eigenvalue weighted by Crippen LogP contribution is 2.35. The van der Waals surface area contributed by atoms with Gasteiger partial charge in [0.2, 0.25) is 0 Å². The van der Waals surface area contributed by atoms with E-state index in [1.165, 1.54) is 37.3 Å². The molecule has 2 aromatic rings. The molecular formula is C19H16Cl2N2O5. The van der Waals surface area contributed by atoms with E-state index in [0.29, 0.717) is 23.4 Å². The van der Waals surface area contributed by atoms with E-state index in [1.54, 1.807) is 6.07 Å². The SMILES string of the molecule is CC(=O)OC1CCc2ccc([N+](=O)[O-])cc2C1NC(=O)c1ccc(Cl)c(Cl)c1. The molecule has 0 saturated heterocycles. The summed E-state index contributed by atoms with van der Waals surface area (Å²) in [6, 6.07) is 8.21. The fourth-order valence-electron chi connectivity index (χ4n) is 3.25. The van der Waals surface area contributed by atoms with Crippen molar-refractivity contribution < 1.29 is 19.2 Å². The zero-order valence-electron chi connectivity index (χ0n) is 14.8. The number of non-ortho nitro benzene ring substituents is 1. The zero-order chi connectivity index (χ0) is 20.4. The highest BCUT2D eigenvalue weighted by atomic mass is 35.5. The number of rotatable bonds is 4. The van der Waals surface area contributed by atoms with Crippen molar-refractivity contribution in [3.8, 4) is 0 Å². The number of nitrogens with zero attached hydrogens (tertiary/aromatic N) is 1. The van der Waals surface area contributed by atoms with E-state index in [2.05, 4.69) is 5.32 Å². The summed E-state index contributed by atoms with van der Waals surface area (Å²) in [5, 5.41) is 14.5. The fraction of sp³-hybridized carbons (Fsp3) is 0.263. The van der Waals surface area contributed by atoms with Gasteiger partial charge in [0.25, 0.3) is 11.6 Å². The predicted molar refractivity (Wildman–Crippen MR) is 104 cm³/mol. The molecule has 0 aromatic heterocycles. The van der Waals surface area contributed by atoms with E-state index in [9.17, 15) is 19.7 Å². The van der Waals surface area contributed by atoms with Crippen molar-refractivity contribution >= 4 is 40.8 Å². The molecule has 0 fully saturated rings. The first kappa shape index (κ1) is 20.1. The molecule has 0 heterocycles. The minimum absolute atomic E-state index is 0.101. The number of nitro groups is 1. The molecule has 28 heavy (non-hydrogen) atoms. The Morgan fingerprint density at radius 3 is 2.57 bits per heavy atom. The van der Waals surface area contributed by atoms with Crippen LogP contribution in [0.3, 0.4) is 0 Å². The molecule has 146 valence electrons. The Kier molecular flexibility index (Phi) is 5.86. The van der Waals surface area contributed by atoms with Crippen molar-refractivity contribution in [3.05, 3.63) is 73.2 Å². The molecule has 1 aliphatic rings. The molecule has 3 rings (SSSR count). The number of halogens is 2. The van der Waals surface area contributed by atoms with Crippen molar-refractivity contribution in [3.63, 3.8) is 0 Å². The molecule has 2 unspecified atom stereocenters. The zero-order valence-corrected chi connectivity index (χ0v) is 16.3. The lowest BCUT2D eigenvalue weighted by Gasteiger charge is -2.33. The van der Waals surface area contributed by atoms with Crippen molar-refractivity contribution in [1.29, 1.82) is 0 Å². The van der Waals surface area contributed by atoms with E-state index in [4.69, 9.17) is 27.9 Å². The lowest BCUT2D eigenvalue weighted by Crippen LogP contribution is -2.41. The van der Waals surface area contributed by atoms with Gasteiger partial charge in [-0.05, 0) is 42.2 Å². The molecule has 0 aliphatic heterocycles. The number of nitro benzene ring substituents is 1. The van der Waals surface area contributed by atoms with Gasteiger partial charge in [-0.25, -0.2) is 0 Å². The number of amides is 1. The van der Waals surface area contributed by atoms with Crippen LogP contribution in [0.4, 0.5) is 5.69 Å². The van der Waals surface area contributed by atoms with Crippen molar-refractivity contribution in [2.75, 3.05) is 0 Å². The third-order valence-corrected chi connectivity index (χ3v) is 5.27. The van der Waals surface area contributed by atoms with Gasteiger partial charge in [0.05, 0.1) is 21.0 Å². The van der Waals surface area contributed by atoms with Crippen LogP contribution in [0.1, 0.15) is 40.9 Å². The van der Waals surface area contributed by atoms with E-state index < -0.39 is 28.9 Å². The number of hydrogen-bond acceptors (Lipinski definition) is 5. The maximum Gasteiger partial charge on any atom is 0.302 e. The molecule has 0 saturated carbocycles. The number of ether oxygens (including phenoxy) is 1. The van der Waals surface area contributed by atoms with Gasteiger partial charge in [-0.1, -0.05) is 29.3 Å². The Balaban J connectivity index is 1.97. The van der Waals surface area contributed by atoms with Crippen LogP contribution in [-0.2, 0) is 16.0 Å². The minimum atomic E-state index is -0.727. The number of nitrogens with one attached hydrogen (secondary N) is 1. The third kappa shape index (κ3) is 4.26. The molecule has 2 atom stereocenters. The Bertz CT molecular complexity index is 963. The number of esters is 1. The van der Waals surface area contributed by atoms with Crippen LogP contribution in [-0.4, -0.2) is 22.9 Å². The van der Waals surface area contributed by atoms with Crippen LogP contribution in [0.5, 0.6) is 0 Å². The van der Waals surface area contributed by atoms with E-state index in [1.807, 2.05) is 0 Å². The first-order valence-electron chi connectivity index (χ1n) is 8.46. The summed E-state index contributed by atoms with van der Waals surface area (Å²) in [5.74, 6) is -0.951. The van der Waals surface area contributed by atoms with Crippen LogP contribution in [0.15, 0.2) is 36.4 Å². The first-order chi connectivity index (χ1) is 13.3. The molecule has 1 aliphatic carbocycles. The monoisotopic (exact) mass is 422 g/mol. The maximum absolute atomic E-state index is 12.7. The van der Waals surface area contributed by atoms with Crippen LogP contribution in [0, 0.1) is 10.1 Å². The normalized spacial score (nSPS) is 18.1. The van der Waals surface area contributed by atoms with E-state index in [-0.39, 0.29) is 16.3 Å². The van der Waals surface area contributed by atoms with Gasteiger partial charge in [0.1, 0.15) is 6.10 Å². The largest absolute Gasteiger partial charge is 0.460 e. The van der Waals surface area contributed by atoms with Crippen LogP contribution in [0.25, 0.3) is 0 Å². The average Bonchev–Trinajstić information content (AvgIpc) is 2.64. The Morgan fingerprint density at radius 2 is 1.93 bits per heavy atom. The number of carbonyl (C=O) groups is 2. The van der Waals surface area contributed by atoms with Gasteiger partial charge >= 0.3 is 5.97 Å². The number of carbonyl (C=O) groups excluding carboxylic acids is 2. The molecule has 1 N–H and O–H groups in total. The smallest absolute Gasteiger partial charge is 0.302 e.